The summed E-state index contributed by atoms with van der Waals surface area (Å²) >= 11 is 0. The molecule has 124 valence electrons. The van der Waals surface area contributed by atoms with Crippen molar-refractivity contribution in [3.05, 3.63) is 59.2 Å². The van der Waals surface area contributed by atoms with E-state index in [-0.39, 0.29) is 5.91 Å². The van der Waals surface area contributed by atoms with E-state index in [0.29, 0.717) is 17.9 Å². The van der Waals surface area contributed by atoms with Gasteiger partial charge in [0, 0.05) is 12.2 Å². The Morgan fingerprint density at radius 3 is 2.62 bits per heavy atom. The number of hydrogen-bond acceptors (Lipinski definition) is 3. The van der Waals surface area contributed by atoms with Crippen molar-refractivity contribution < 1.29 is 9.53 Å². The monoisotopic (exact) mass is 322 g/mol. The molecule has 0 heterocycles. The van der Waals surface area contributed by atoms with E-state index in [0.717, 1.165) is 16.8 Å². The van der Waals surface area contributed by atoms with Crippen LogP contribution in [0, 0.1) is 25.2 Å². The number of amides is 1. The summed E-state index contributed by atoms with van der Waals surface area (Å²) in [7, 11) is 0. The molecule has 24 heavy (non-hydrogen) atoms. The Balaban J connectivity index is 2.25. The topological polar surface area (TPSA) is 53.3 Å². The van der Waals surface area contributed by atoms with Gasteiger partial charge < -0.3 is 9.64 Å². The van der Waals surface area contributed by atoms with Crippen LogP contribution in [0.5, 0.6) is 5.75 Å². The molecular formula is C20H22N2O2. The van der Waals surface area contributed by atoms with Gasteiger partial charge in [-0.3, -0.25) is 4.79 Å². The minimum atomic E-state index is -0.681. The molecule has 2 rings (SSSR count). The molecule has 0 spiro atoms. The Hall–Kier alpha value is -2.80. The molecule has 2 aromatic carbocycles. The normalized spacial score (nSPS) is 11.5. The fourth-order valence-electron chi connectivity index (χ4n) is 2.58. The lowest BCUT2D eigenvalue weighted by Crippen LogP contribution is -2.41. The minimum Gasteiger partial charge on any atom is -0.479 e. The molecule has 0 saturated heterocycles. The highest BCUT2D eigenvalue weighted by Gasteiger charge is 2.24. The zero-order valence-electron chi connectivity index (χ0n) is 14.5. The quantitative estimate of drug-likeness (QED) is 0.836. The summed E-state index contributed by atoms with van der Waals surface area (Å²) in [6, 6.07) is 15.1. The van der Waals surface area contributed by atoms with Crippen molar-refractivity contribution in [3.63, 3.8) is 0 Å². The molecule has 0 aliphatic heterocycles. The number of benzene rings is 2. The van der Waals surface area contributed by atoms with Crippen molar-refractivity contribution in [1.82, 2.24) is 0 Å². The largest absolute Gasteiger partial charge is 0.479 e. The third-order valence-electron chi connectivity index (χ3n) is 3.90. The van der Waals surface area contributed by atoms with Crippen molar-refractivity contribution in [2.24, 2.45) is 0 Å². The van der Waals surface area contributed by atoms with Crippen LogP contribution in [0.4, 0.5) is 5.69 Å². The number of carbonyl (C=O) groups excluding carboxylic acids is 1. The summed E-state index contributed by atoms with van der Waals surface area (Å²) in [6.45, 7) is 8.20. The molecule has 0 N–H and O–H groups in total. The van der Waals surface area contributed by atoms with Crippen molar-refractivity contribution >= 4 is 11.6 Å². The number of nitriles is 1. The first kappa shape index (κ1) is 17.6. The highest BCUT2D eigenvalue weighted by molar-refractivity contribution is 5.97. The minimum absolute atomic E-state index is 0.126. The third kappa shape index (κ3) is 3.75. The van der Waals surface area contributed by atoms with Gasteiger partial charge in [-0.05, 0) is 57.0 Å². The lowest BCUT2D eigenvalue weighted by Gasteiger charge is -2.27. The fourth-order valence-corrected chi connectivity index (χ4v) is 2.58. The van der Waals surface area contributed by atoms with Crippen molar-refractivity contribution in [2.75, 3.05) is 11.4 Å². The van der Waals surface area contributed by atoms with Crippen molar-refractivity contribution in [3.8, 4) is 11.8 Å². The number of rotatable bonds is 5. The van der Waals surface area contributed by atoms with E-state index in [1.165, 1.54) is 0 Å². The number of likely N-dealkylation sites (N-methyl/N-ethyl adjacent to an activating group) is 1. The van der Waals surface area contributed by atoms with Crippen LogP contribution in [-0.2, 0) is 4.79 Å². The average molecular weight is 322 g/mol. The van der Waals surface area contributed by atoms with Crippen LogP contribution in [0.3, 0.4) is 0 Å². The molecule has 0 unspecified atom stereocenters. The summed E-state index contributed by atoms with van der Waals surface area (Å²) in [5.41, 5.74) is 3.46. The number of hydrogen-bond donors (Lipinski definition) is 0. The second-order valence-corrected chi connectivity index (χ2v) is 5.74. The number of ether oxygens (including phenoxy) is 1. The maximum Gasteiger partial charge on any atom is 0.267 e. The predicted octanol–water partition coefficient (Wildman–Crippen LogP) is 4.00. The van der Waals surface area contributed by atoms with Crippen LogP contribution < -0.4 is 9.64 Å². The molecule has 1 amide bonds. The predicted molar refractivity (Wildman–Crippen MR) is 95.2 cm³/mol. The molecule has 4 nitrogen and oxygen atoms in total. The Morgan fingerprint density at radius 2 is 1.96 bits per heavy atom. The van der Waals surface area contributed by atoms with Gasteiger partial charge in [0.2, 0.25) is 0 Å². The van der Waals surface area contributed by atoms with Gasteiger partial charge >= 0.3 is 0 Å². The van der Waals surface area contributed by atoms with E-state index >= 15 is 0 Å². The van der Waals surface area contributed by atoms with E-state index in [1.807, 2.05) is 39.0 Å². The molecule has 0 saturated carbocycles. The summed E-state index contributed by atoms with van der Waals surface area (Å²) in [6.07, 6.45) is -0.681. The average Bonchev–Trinajstić information content (AvgIpc) is 2.58. The smallest absolute Gasteiger partial charge is 0.267 e. The standard InChI is InChI=1S/C20H22N2O2/c1-5-22(18-12-14(2)10-11-15(18)3)20(23)16(4)24-19-9-7-6-8-17(19)13-21/h6-12,16H,5H2,1-4H3/t16-/m0/s1. The lowest BCUT2D eigenvalue weighted by atomic mass is 10.1. The summed E-state index contributed by atoms with van der Waals surface area (Å²) < 4.78 is 5.76. The van der Waals surface area contributed by atoms with Crippen LogP contribution in [-0.4, -0.2) is 18.6 Å². The second-order valence-electron chi connectivity index (χ2n) is 5.74. The molecule has 0 aliphatic rings. The highest BCUT2D eigenvalue weighted by atomic mass is 16.5. The Morgan fingerprint density at radius 1 is 1.25 bits per heavy atom. The maximum absolute atomic E-state index is 12.9. The molecule has 0 aromatic heterocycles. The van der Waals surface area contributed by atoms with Crippen LogP contribution in [0.2, 0.25) is 0 Å². The van der Waals surface area contributed by atoms with E-state index in [1.54, 1.807) is 36.1 Å². The number of anilines is 1. The van der Waals surface area contributed by atoms with E-state index < -0.39 is 6.10 Å². The lowest BCUT2D eigenvalue weighted by molar-refractivity contribution is -0.124. The zero-order chi connectivity index (χ0) is 17.7. The van der Waals surface area contributed by atoms with Gasteiger partial charge in [-0.25, -0.2) is 0 Å². The first-order chi connectivity index (χ1) is 11.5. The van der Waals surface area contributed by atoms with E-state index in [9.17, 15) is 4.79 Å². The van der Waals surface area contributed by atoms with Crippen molar-refractivity contribution in [2.45, 2.75) is 33.8 Å². The zero-order valence-corrected chi connectivity index (χ0v) is 14.5. The van der Waals surface area contributed by atoms with Gasteiger partial charge in [0.25, 0.3) is 5.91 Å². The molecule has 2 aromatic rings. The van der Waals surface area contributed by atoms with Crippen LogP contribution in [0.1, 0.15) is 30.5 Å². The third-order valence-corrected chi connectivity index (χ3v) is 3.90. The van der Waals surface area contributed by atoms with Gasteiger partial charge in [0.1, 0.15) is 11.8 Å². The Bertz CT molecular complexity index is 777. The number of para-hydroxylation sites is 1. The molecular weight excluding hydrogens is 300 g/mol. The molecule has 1 atom stereocenters. The Labute approximate surface area is 143 Å². The fraction of sp³-hybridized carbons (Fsp3) is 0.300. The maximum atomic E-state index is 12.9. The number of aryl methyl sites for hydroxylation is 2. The second kappa shape index (κ2) is 7.65. The van der Waals surface area contributed by atoms with Crippen LogP contribution in [0.25, 0.3) is 0 Å². The van der Waals surface area contributed by atoms with E-state index in [2.05, 4.69) is 6.07 Å². The summed E-state index contributed by atoms with van der Waals surface area (Å²) in [5.74, 6) is 0.303. The molecule has 4 heteroatoms. The molecule has 0 bridgehead atoms. The van der Waals surface area contributed by atoms with Gasteiger partial charge in [-0.1, -0.05) is 24.3 Å². The molecule has 0 fully saturated rings. The summed E-state index contributed by atoms with van der Waals surface area (Å²) in [4.78, 5) is 14.6. The van der Waals surface area contributed by atoms with Gasteiger partial charge in [0.15, 0.2) is 6.10 Å². The summed E-state index contributed by atoms with van der Waals surface area (Å²) in [5, 5.41) is 9.14. The number of nitrogens with zero attached hydrogens (tertiary/aromatic N) is 2. The van der Waals surface area contributed by atoms with Gasteiger partial charge in [0.05, 0.1) is 5.56 Å². The van der Waals surface area contributed by atoms with Gasteiger partial charge in [-0.15, -0.1) is 0 Å². The van der Waals surface area contributed by atoms with Crippen LogP contribution >= 0.6 is 0 Å². The SMILES string of the molecule is CCN(C(=O)[C@H](C)Oc1ccccc1C#N)c1cc(C)ccc1C. The molecule has 0 radical (unpaired) electrons. The van der Waals surface area contributed by atoms with Crippen LogP contribution in [0.15, 0.2) is 42.5 Å². The Kier molecular flexibility index (Phi) is 5.59. The van der Waals surface area contributed by atoms with Crippen molar-refractivity contribution in [1.29, 1.82) is 5.26 Å². The highest BCUT2D eigenvalue weighted by Crippen LogP contribution is 2.24. The first-order valence-electron chi connectivity index (χ1n) is 8.02. The first-order valence-corrected chi connectivity index (χ1v) is 8.02. The number of carbonyl (C=O) groups is 1. The van der Waals surface area contributed by atoms with E-state index in [4.69, 9.17) is 10.00 Å². The van der Waals surface area contributed by atoms with Gasteiger partial charge in [-0.2, -0.15) is 5.26 Å². The molecule has 0 aliphatic carbocycles.